The van der Waals surface area contributed by atoms with Crippen LogP contribution in [0, 0.1) is 11.6 Å². The van der Waals surface area contributed by atoms with Crippen molar-refractivity contribution in [3.05, 3.63) is 131 Å². The Labute approximate surface area is 267 Å². The molecule has 0 aliphatic rings. The predicted molar refractivity (Wildman–Crippen MR) is 171 cm³/mol. The van der Waals surface area contributed by atoms with E-state index in [1.165, 1.54) is 53.4 Å². The molecule has 2 amide bonds. The summed E-state index contributed by atoms with van der Waals surface area (Å²) in [7, 11) is -4.39. The summed E-state index contributed by atoms with van der Waals surface area (Å²) in [5, 5.41) is 2.58. The van der Waals surface area contributed by atoms with Crippen molar-refractivity contribution >= 4 is 39.1 Å². The number of anilines is 1. The minimum absolute atomic E-state index is 0.0619. The molecule has 7 nitrogen and oxygen atoms in total. The van der Waals surface area contributed by atoms with Gasteiger partial charge in [-0.2, -0.15) is 0 Å². The van der Waals surface area contributed by atoms with E-state index >= 15 is 0 Å². The first-order valence-corrected chi connectivity index (χ1v) is 16.2. The summed E-state index contributed by atoms with van der Waals surface area (Å²) in [6, 6.07) is 24.3. The fourth-order valence-corrected chi connectivity index (χ4v) is 6.30. The lowest BCUT2D eigenvalue weighted by molar-refractivity contribution is -0.140. The maximum atomic E-state index is 15.0. The van der Waals surface area contributed by atoms with Crippen LogP contribution in [0.2, 0.25) is 5.02 Å². The van der Waals surface area contributed by atoms with Gasteiger partial charge in [0.2, 0.25) is 11.8 Å². The number of hydrogen-bond acceptors (Lipinski definition) is 4. The van der Waals surface area contributed by atoms with Gasteiger partial charge in [-0.05, 0) is 55.3 Å². The average Bonchev–Trinajstić information content (AvgIpc) is 3.04. The zero-order chi connectivity index (χ0) is 32.6. The molecule has 0 aromatic heterocycles. The van der Waals surface area contributed by atoms with Gasteiger partial charge in [0, 0.05) is 24.6 Å². The molecule has 11 heteroatoms. The van der Waals surface area contributed by atoms with Crippen LogP contribution in [0.5, 0.6) is 0 Å². The highest BCUT2D eigenvalue weighted by Gasteiger charge is 2.35. The molecule has 236 valence electrons. The molecule has 1 N–H and O–H groups in total. The SMILES string of the molecule is CCC(C)NC(=O)C(Cc1ccccc1)N(Cc1ccccc1F)C(=O)CN(c1ccc(F)c(Cl)c1)S(=O)(=O)c1ccccc1. The van der Waals surface area contributed by atoms with Gasteiger partial charge in [-0.25, -0.2) is 17.2 Å². The van der Waals surface area contributed by atoms with Gasteiger partial charge in [-0.15, -0.1) is 0 Å². The van der Waals surface area contributed by atoms with Crippen molar-refractivity contribution in [1.82, 2.24) is 10.2 Å². The van der Waals surface area contributed by atoms with Crippen LogP contribution in [0.15, 0.2) is 108 Å². The first kappa shape index (κ1) is 33.6. The molecule has 0 heterocycles. The monoisotopic (exact) mass is 653 g/mol. The van der Waals surface area contributed by atoms with Crippen LogP contribution in [-0.2, 0) is 32.6 Å². The number of benzene rings is 4. The molecule has 2 atom stereocenters. The fraction of sp³-hybridized carbons (Fsp3) is 0.235. The van der Waals surface area contributed by atoms with Gasteiger partial charge in [-0.1, -0.05) is 85.3 Å². The Morgan fingerprint density at radius 2 is 1.49 bits per heavy atom. The topological polar surface area (TPSA) is 86.8 Å². The third-order valence-electron chi connectivity index (χ3n) is 7.37. The Kier molecular flexibility index (Phi) is 11.3. The molecule has 0 aliphatic carbocycles. The second kappa shape index (κ2) is 15.1. The maximum absolute atomic E-state index is 15.0. The van der Waals surface area contributed by atoms with Crippen molar-refractivity contribution in [3.8, 4) is 0 Å². The van der Waals surface area contributed by atoms with Gasteiger partial charge in [0.1, 0.15) is 24.2 Å². The van der Waals surface area contributed by atoms with Crippen LogP contribution in [-0.4, -0.2) is 43.8 Å². The van der Waals surface area contributed by atoms with Crippen LogP contribution in [0.1, 0.15) is 31.4 Å². The predicted octanol–water partition coefficient (Wildman–Crippen LogP) is 6.37. The Balaban J connectivity index is 1.83. The smallest absolute Gasteiger partial charge is 0.264 e. The van der Waals surface area contributed by atoms with Crippen molar-refractivity contribution in [2.24, 2.45) is 0 Å². The molecule has 0 saturated carbocycles. The van der Waals surface area contributed by atoms with Gasteiger partial charge in [0.05, 0.1) is 15.6 Å². The lowest BCUT2D eigenvalue weighted by Crippen LogP contribution is -2.54. The molecule has 45 heavy (non-hydrogen) atoms. The first-order valence-electron chi connectivity index (χ1n) is 14.4. The fourth-order valence-electron chi connectivity index (χ4n) is 4.69. The second-order valence-corrected chi connectivity index (χ2v) is 12.8. The maximum Gasteiger partial charge on any atom is 0.264 e. The highest BCUT2D eigenvalue weighted by molar-refractivity contribution is 7.92. The third-order valence-corrected chi connectivity index (χ3v) is 9.45. The number of carbonyl (C=O) groups excluding carboxylic acids is 2. The van der Waals surface area contributed by atoms with Gasteiger partial charge in [-0.3, -0.25) is 13.9 Å². The number of nitrogens with one attached hydrogen (secondary N) is 1. The van der Waals surface area contributed by atoms with Gasteiger partial charge in [0.25, 0.3) is 10.0 Å². The van der Waals surface area contributed by atoms with E-state index in [2.05, 4.69) is 5.32 Å². The second-order valence-electron chi connectivity index (χ2n) is 10.6. The lowest BCUT2D eigenvalue weighted by atomic mass is 10.0. The van der Waals surface area contributed by atoms with Crippen LogP contribution < -0.4 is 9.62 Å². The van der Waals surface area contributed by atoms with E-state index < -0.39 is 46.1 Å². The van der Waals surface area contributed by atoms with E-state index in [-0.39, 0.29) is 40.2 Å². The Hall–Kier alpha value is -4.28. The van der Waals surface area contributed by atoms with Crippen LogP contribution in [0.4, 0.5) is 14.5 Å². The van der Waals surface area contributed by atoms with Crippen molar-refractivity contribution in [2.45, 2.75) is 50.2 Å². The highest BCUT2D eigenvalue weighted by Crippen LogP contribution is 2.28. The number of rotatable bonds is 13. The summed E-state index contributed by atoms with van der Waals surface area (Å²) < 4.78 is 57.9. The molecule has 0 radical (unpaired) electrons. The zero-order valence-corrected chi connectivity index (χ0v) is 26.4. The van der Waals surface area contributed by atoms with Crippen LogP contribution in [0.25, 0.3) is 0 Å². The number of hydrogen-bond donors (Lipinski definition) is 1. The molecule has 2 unspecified atom stereocenters. The quantitative estimate of drug-likeness (QED) is 0.182. The van der Waals surface area contributed by atoms with Crippen LogP contribution >= 0.6 is 11.6 Å². The summed E-state index contributed by atoms with van der Waals surface area (Å²) >= 11 is 6.04. The van der Waals surface area contributed by atoms with Gasteiger partial charge in [0.15, 0.2) is 0 Å². The van der Waals surface area contributed by atoms with Gasteiger partial charge < -0.3 is 10.2 Å². The highest BCUT2D eigenvalue weighted by atomic mass is 35.5. The third kappa shape index (κ3) is 8.46. The standard InChI is InChI=1S/C34H34ClF2N3O4S/c1-3-24(2)38-34(42)32(20-25-12-6-4-7-13-25)39(22-26-14-10-11-17-30(26)36)33(41)23-40(27-18-19-31(37)29(35)21-27)45(43,44)28-15-8-5-9-16-28/h4-19,21,24,32H,3,20,22-23H2,1-2H3,(H,38,42). The Morgan fingerprint density at radius 1 is 0.867 bits per heavy atom. The van der Waals surface area contributed by atoms with E-state index in [4.69, 9.17) is 11.6 Å². The Bertz CT molecular complexity index is 1730. The van der Waals surface area contributed by atoms with E-state index in [9.17, 15) is 26.8 Å². The number of carbonyl (C=O) groups is 2. The number of sulfonamides is 1. The van der Waals surface area contributed by atoms with Crippen molar-refractivity contribution in [3.63, 3.8) is 0 Å². The number of amides is 2. The van der Waals surface area contributed by atoms with E-state index in [1.807, 2.05) is 32.0 Å². The molecule has 4 aromatic rings. The summed E-state index contributed by atoms with van der Waals surface area (Å²) in [4.78, 5) is 29.3. The zero-order valence-electron chi connectivity index (χ0n) is 24.9. The molecule has 0 spiro atoms. The van der Waals surface area contributed by atoms with E-state index in [0.29, 0.717) is 6.42 Å². The largest absolute Gasteiger partial charge is 0.352 e. The average molecular weight is 654 g/mol. The normalized spacial score (nSPS) is 12.6. The number of nitrogens with zero attached hydrogens (tertiary/aromatic N) is 2. The molecule has 0 bridgehead atoms. The summed E-state index contributed by atoms with van der Waals surface area (Å²) in [5.74, 6) is -2.61. The molecule has 0 fully saturated rings. The molecule has 0 aliphatic heterocycles. The van der Waals surface area contributed by atoms with Crippen molar-refractivity contribution in [1.29, 1.82) is 0 Å². The molecular formula is C34H34ClF2N3O4S. The molecule has 4 aromatic carbocycles. The molecular weight excluding hydrogens is 620 g/mol. The van der Waals surface area contributed by atoms with E-state index in [0.717, 1.165) is 22.0 Å². The van der Waals surface area contributed by atoms with Crippen LogP contribution in [0.3, 0.4) is 0 Å². The summed E-state index contributed by atoms with van der Waals surface area (Å²) in [6.45, 7) is 2.63. The first-order chi connectivity index (χ1) is 21.5. The number of halogens is 3. The molecule has 4 rings (SSSR count). The summed E-state index contributed by atoms with van der Waals surface area (Å²) in [5.41, 5.74) is 0.822. The minimum atomic E-state index is -4.39. The van der Waals surface area contributed by atoms with Crippen molar-refractivity contribution in [2.75, 3.05) is 10.8 Å². The minimum Gasteiger partial charge on any atom is -0.352 e. The van der Waals surface area contributed by atoms with Crippen molar-refractivity contribution < 1.29 is 26.8 Å². The summed E-state index contributed by atoms with van der Waals surface area (Å²) in [6.07, 6.45) is 0.705. The lowest BCUT2D eigenvalue weighted by Gasteiger charge is -2.34. The molecule has 0 saturated heterocycles. The van der Waals surface area contributed by atoms with Gasteiger partial charge >= 0.3 is 0 Å². The Morgan fingerprint density at radius 3 is 2.11 bits per heavy atom. The van der Waals surface area contributed by atoms with E-state index in [1.54, 1.807) is 24.3 Å².